The van der Waals surface area contributed by atoms with E-state index in [4.69, 9.17) is 11.6 Å². The first kappa shape index (κ1) is 19.2. The van der Waals surface area contributed by atoms with Gasteiger partial charge in [0.25, 0.3) is 0 Å². The third kappa shape index (κ3) is 4.80. The van der Waals surface area contributed by atoms with Gasteiger partial charge in [0.1, 0.15) is 5.82 Å². The summed E-state index contributed by atoms with van der Waals surface area (Å²) in [6.07, 6.45) is 4.79. The molecule has 0 aromatic heterocycles. The highest BCUT2D eigenvalue weighted by atomic mass is 35.5. The van der Waals surface area contributed by atoms with E-state index in [2.05, 4.69) is 23.5 Å². The van der Waals surface area contributed by atoms with Crippen LogP contribution >= 0.6 is 23.4 Å². The van der Waals surface area contributed by atoms with Gasteiger partial charge in [-0.2, -0.15) is 0 Å². The second kappa shape index (κ2) is 8.92. The molecule has 26 heavy (non-hydrogen) atoms. The smallest absolute Gasteiger partial charge is 0.230 e. The summed E-state index contributed by atoms with van der Waals surface area (Å²) in [6.45, 7) is 2.00. The van der Waals surface area contributed by atoms with E-state index in [0.717, 1.165) is 18.4 Å². The van der Waals surface area contributed by atoms with Gasteiger partial charge in [-0.25, -0.2) is 4.39 Å². The van der Waals surface area contributed by atoms with E-state index in [9.17, 15) is 9.18 Å². The fourth-order valence-electron chi connectivity index (χ4n) is 3.31. The van der Waals surface area contributed by atoms with Crippen LogP contribution in [0.5, 0.6) is 0 Å². The molecular formula is C21H23ClFNOS. The van der Waals surface area contributed by atoms with Crippen molar-refractivity contribution >= 4 is 29.3 Å². The highest BCUT2D eigenvalue weighted by Crippen LogP contribution is 2.26. The predicted octanol–water partition coefficient (Wildman–Crippen LogP) is 5.47. The second-order valence-electron chi connectivity index (χ2n) is 6.72. The van der Waals surface area contributed by atoms with Crippen LogP contribution < -0.4 is 5.32 Å². The topological polar surface area (TPSA) is 29.1 Å². The molecule has 5 heteroatoms. The summed E-state index contributed by atoms with van der Waals surface area (Å²) in [7, 11) is 0. The Hall–Kier alpha value is -1.52. The summed E-state index contributed by atoms with van der Waals surface area (Å²) >= 11 is 7.38. The van der Waals surface area contributed by atoms with Gasteiger partial charge in [-0.3, -0.25) is 4.79 Å². The van der Waals surface area contributed by atoms with Gasteiger partial charge < -0.3 is 5.32 Å². The van der Waals surface area contributed by atoms with Gasteiger partial charge >= 0.3 is 0 Å². The number of rotatable bonds is 6. The molecule has 0 heterocycles. The average Bonchev–Trinajstić information content (AvgIpc) is 2.63. The largest absolute Gasteiger partial charge is 0.349 e. The van der Waals surface area contributed by atoms with Gasteiger partial charge in [0, 0.05) is 16.3 Å². The molecule has 0 fully saturated rings. The molecule has 0 saturated carbocycles. The zero-order valence-corrected chi connectivity index (χ0v) is 16.4. The Balaban J connectivity index is 1.51. The van der Waals surface area contributed by atoms with Crippen molar-refractivity contribution < 1.29 is 9.18 Å². The summed E-state index contributed by atoms with van der Waals surface area (Å²) in [6, 6.07) is 11.1. The van der Waals surface area contributed by atoms with Crippen molar-refractivity contribution in [2.24, 2.45) is 0 Å². The molecule has 1 N–H and O–H groups in total. The van der Waals surface area contributed by atoms with Gasteiger partial charge in [0.05, 0.1) is 11.8 Å². The highest BCUT2D eigenvalue weighted by Gasteiger charge is 2.14. The lowest BCUT2D eigenvalue weighted by Crippen LogP contribution is -2.28. The Morgan fingerprint density at radius 1 is 1.23 bits per heavy atom. The van der Waals surface area contributed by atoms with Crippen molar-refractivity contribution in [3.63, 3.8) is 0 Å². The van der Waals surface area contributed by atoms with Crippen molar-refractivity contribution in [1.82, 2.24) is 5.32 Å². The molecule has 0 bridgehead atoms. The molecule has 0 radical (unpaired) electrons. The molecule has 1 atom stereocenters. The third-order valence-electron chi connectivity index (χ3n) is 4.79. The van der Waals surface area contributed by atoms with Crippen LogP contribution in [-0.4, -0.2) is 11.7 Å². The molecule has 0 unspecified atom stereocenters. The first-order chi connectivity index (χ1) is 12.5. The molecule has 0 spiro atoms. The Bertz CT molecular complexity index is 775. The molecule has 1 aliphatic carbocycles. The van der Waals surface area contributed by atoms with Gasteiger partial charge in [0.15, 0.2) is 0 Å². The van der Waals surface area contributed by atoms with Gasteiger partial charge in [-0.15, -0.1) is 11.8 Å². The van der Waals surface area contributed by atoms with Crippen LogP contribution in [0.3, 0.4) is 0 Å². The van der Waals surface area contributed by atoms with Crippen LogP contribution in [0, 0.1) is 5.82 Å². The van der Waals surface area contributed by atoms with E-state index < -0.39 is 0 Å². The molecule has 1 aliphatic rings. The van der Waals surface area contributed by atoms with E-state index in [-0.39, 0.29) is 23.5 Å². The van der Waals surface area contributed by atoms with Crippen LogP contribution in [0.25, 0.3) is 0 Å². The summed E-state index contributed by atoms with van der Waals surface area (Å²) in [5.74, 6) is 0.284. The van der Waals surface area contributed by atoms with Crippen LogP contribution in [0.2, 0.25) is 5.02 Å². The zero-order chi connectivity index (χ0) is 18.5. The highest BCUT2D eigenvalue weighted by molar-refractivity contribution is 7.99. The van der Waals surface area contributed by atoms with Crippen molar-refractivity contribution in [3.05, 3.63) is 69.5 Å². The predicted molar refractivity (Wildman–Crippen MR) is 107 cm³/mol. The maximum atomic E-state index is 13.7. The summed E-state index contributed by atoms with van der Waals surface area (Å²) < 4.78 is 13.7. The third-order valence-corrected chi connectivity index (χ3v) is 6.10. The SMILES string of the molecule is C[C@@H](NC(=O)CSCc1c(F)cccc1Cl)c1ccc2c(c1)CCCC2. The number of hydrogen-bond acceptors (Lipinski definition) is 2. The molecule has 3 rings (SSSR count). The van der Waals surface area contributed by atoms with Crippen molar-refractivity contribution in [3.8, 4) is 0 Å². The minimum Gasteiger partial charge on any atom is -0.349 e. The summed E-state index contributed by atoms with van der Waals surface area (Å²) in [5, 5.41) is 3.44. The number of hydrogen-bond donors (Lipinski definition) is 1. The standard InChI is InChI=1S/C21H23ClFNOS/c1-14(16-10-9-15-5-2-3-6-17(15)11-16)24-21(25)13-26-12-18-19(22)7-4-8-20(18)23/h4,7-11,14H,2-3,5-6,12-13H2,1H3,(H,24,25)/t14-/m1/s1. The average molecular weight is 392 g/mol. The maximum Gasteiger partial charge on any atom is 0.230 e. The Morgan fingerprint density at radius 2 is 2.00 bits per heavy atom. The van der Waals surface area contributed by atoms with Crippen molar-refractivity contribution in [2.75, 3.05) is 5.75 Å². The van der Waals surface area contributed by atoms with E-state index in [1.54, 1.807) is 12.1 Å². The number of benzene rings is 2. The van der Waals surface area contributed by atoms with E-state index in [0.29, 0.717) is 16.3 Å². The summed E-state index contributed by atoms with van der Waals surface area (Å²) in [5.41, 5.74) is 4.45. The molecule has 1 amide bonds. The molecule has 0 aliphatic heterocycles. The first-order valence-corrected chi connectivity index (χ1v) is 10.5. The maximum absolute atomic E-state index is 13.7. The number of aryl methyl sites for hydroxylation is 2. The van der Waals surface area contributed by atoms with Gasteiger partial charge in [-0.05, 0) is 61.4 Å². The Labute approximate surface area is 163 Å². The van der Waals surface area contributed by atoms with Crippen molar-refractivity contribution in [2.45, 2.75) is 44.4 Å². The van der Waals surface area contributed by atoms with Crippen LogP contribution in [-0.2, 0) is 23.4 Å². The van der Waals surface area contributed by atoms with Gasteiger partial charge in [-0.1, -0.05) is 35.9 Å². The quantitative estimate of drug-likeness (QED) is 0.707. The normalized spacial score (nSPS) is 14.6. The lowest BCUT2D eigenvalue weighted by molar-refractivity contribution is -0.119. The first-order valence-electron chi connectivity index (χ1n) is 8.96. The summed E-state index contributed by atoms with van der Waals surface area (Å²) in [4.78, 5) is 12.2. The second-order valence-corrected chi connectivity index (χ2v) is 8.11. The monoisotopic (exact) mass is 391 g/mol. The number of fused-ring (bicyclic) bond motifs is 1. The number of carbonyl (C=O) groups excluding carboxylic acids is 1. The Kier molecular flexibility index (Phi) is 6.60. The lowest BCUT2D eigenvalue weighted by Gasteiger charge is -2.20. The van der Waals surface area contributed by atoms with E-state index >= 15 is 0 Å². The lowest BCUT2D eigenvalue weighted by atomic mass is 9.89. The van der Waals surface area contributed by atoms with Crippen LogP contribution in [0.4, 0.5) is 4.39 Å². The van der Waals surface area contributed by atoms with E-state index in [1.807, 2.05) is 6.92 Å². The molecule has 0 saturated heterocycles. The van der Waals surface area contributed by atoms with Crippen LogP contribution in [0.1, 0.15) is 48.1 Å². The zero-order valence-electron chi connectivity index (χ0n) is 14.9. The Morgan fingerprint density at radius 3 is 2.77 bits per heavy atom. The molecule has 138 valence electrons. The van der Waals surface area contributed by atoms with Crippen molar-refractivity contribution in [1.29, 1.82) is 0 Å². The number of nitrogens with one attached hydrogen (secondary N) is 1. The number of amides is 1. The molecule has 2 aromatic carbocycles. The minimum absolute atomic E-state index is 0.0348. The van der Waals surface area contributed by atoms with Gasteiger partial charge in [0.2, 0.25) is 5.91 Å². The molecule has 2 aromatic rings. The minimum atomic E-state index is -0.326. The molecular weight excluding hydrogens is 369 g/mol. The number of thioether (sulfide) groups is 1. The van der Waals surface area contributed by atoms with Crippen LogP contribution in [0.15, 0.2) is 36.4 Å². The molecule has 2 nitrogen and oxygen atoms in total. The fourth-order valence-corrected chi connectivity index (χ4v) is 4.48. The number of halogens is 2. The fraction of sp³-hybridized carbons (Fsp3) is 0.381. The van der Waals surface area contributed by atoms with E-state index in [1.165, 1.54) is 41.8 Å². The number of carbonyl (C=O) groups is 1.